The zero-order valence-corrected chi connectivity index (χ0v) is 15.3. The number of carbonyl (C=O) groups is 3. The van der Waals surface area contributed by atoms with E-state index in [2.05, 4.69) is 19.0 Å². The van der Waals surface area contributed by atoms with E-state index in [4.69, 9.17) is 14.4 Å². The van der Waals surface area contributed by atoms with Crippen molar-refractivity contribution in [1.82, 2.24) is 15.0 Å². The molecule has 1 atom stereocenters. The molecule has 2 heterocycles. The first kappa shape index (κ1) is 20.7. The molecular weight excluding hydrogens is 326 g/mol. The number of aryl methyl sites for hydroxylation is 1. The van der Waals surface area contributed by atoms with Crippen LogP contribution in [0.1, 0.15) is 45.6 Å². The lowest BCUT2D eigenvalue weighted by Gasteiger charge is -2.40. The molecule has 0 saturated carbocycles. The highest BCUT2D eigenvalue weighted by Crippen LogP contribution is 2.22. The van der Waals surface area contributed by atoms with E-state index in [1.54, 1.807) is 9.80 Å². The average molecular weight is 353 g/mol. The lowest BCUT2D eigenvalue weighted by atomic mass is 9.98. The SMILES string of the molecule is CCc1cc(CN2C(=O)CN(CC)C(=O)[C@@H]2CC(C)C)on1.O=CO. The van der Waals surface area contributed by atoms with Crippen LogP contribution >= 0.6 is 0 Å². The van der Waals surface area contributed by atoms with Crippen LogP contribution in [-0.2, 0) is 27.3 Å². The molecule has 0 bridgehead atoms. The number of carbonyl (C=O) groups excluding carboxylic acids is 2. The second-order valence-corrected chi connectivity index (χ2v) is 6.26. The summed E-state index contributed by atoms with van der Waals surface area (Å²) in [5, 5.41) is 10.8. The molecule has 0 spiro atoms. The molecule has 8 nitrogen and oxygen atoms in total. The van der Waals surface area contributed by atoms with Crippen LogP contribution in [0.15, 0.2) is 10.6 Å². The summed E-state index contributed by atoms with van der Waals surface area (Å²) in [6, 6.07) is 1.45. The van der Waals surface area contributed by atoms with E-state index in [9.17, 15) is 9.59 Å². The first-order valence-corrected chi connectivity index (χ1v) is 8.48. The van der Waals surface area contributed by atoms with Crippen LogP contribution in [0.4, 0.5) is 0 Å². The predicted molar refractivity (Wildman–Crippen MR) is 90.6 cm³/mol. The molecule has 0 aliphatic carbocycles. The van der Waals surface area contributed by atoms with E-state index in [0.29, 0.717) is 31.2 Å². The van der Waals surface area contributed by atoms with Crippen LogP contribution < -0.4 is 0 Å². The van der Waals surface area contributed by atoms with Crippen molar-refractivity contribution in [2.75, 3.05) is 13.1 Å². The third-order valence-electron chi connectivity index (χ3n) is 3.99. The first-order chi connectivity index (χ1) is 11.9. The van der Waals surface area contributed by atoms with Crippen LogP contribution in [0.2, 0.25) is 0 Å². The van der Waals surface area contributed by atoms with E-state index < -0.39 is 6.04 Å². The van der Waals surface area contributed by atoms with E-state index in [1.807, 2.05) is 19.9 Å². The molecule has 1 aromatic heterocycles. The van der Waals surface area contributed by atoms with E-state index in [-0.39, 0.29) is 24.8 Å². The van der Waals surface area contributed by atoms with Crippen molar-refractivity contribution < 1.29 is 24.0 Å². The van der Waals surface area contributed by atoms with Crippen LogP contribution in [0.25, 0.3) is 0 Å². The van der Waals surface area contributed by atoms with Gasteiger partial charge in [0.25, 0.3) is 6.47 Å². The molecule has 1 aromatic rings. The maximum absolute atomic E-state index is 12.6. The summed E-state index contributed by atoms with van der Waals surface area (Å²) in [7, 11) is 0. The predicted octanol–water partition coefficient (Wildman–Crippen LogP) is 1.54. The highest BCUT2D eigenvalue weighted by atomic mass is 16.5. The number of aromatic nitrogens is 1. The summed E-state index contributed by atoms with van der Waals surface area (Å²) in [6.45, 7) is 8.80. The Hall–Kier alpha value is -2.38. The van der Waals surface area contributed by atoms with Gasteiger partial charge in [0.05, 0.1) is 18.8 Å². The molecule has 1 fully saturated rings. The van der Waals surface area contributed by atoms with Crippen LogP contribution in [0, 0.1) is 5.92 Å². The summed E-state index contributed by atoms with van der Waals surface area (Å²) in [5.41, 5.74) is 0.862. The van der Waals surface area contributed by atoms with Gasteiger partial charge in [-0.25, -0.2) is 0 Å². The number of amides is 2. The number of carboxylic acid groups (broad SMARTS) is 1. The number of hydrogen-bond donors (Lipinski definition) is 1. The van der Waals surface area contributed by atoms with Crippen LogP contribution in [0.5, 0.6) is 0 Å². The summed E-state index contributed by atoms with van der Waals surface area (Å²) in [6.07, 6.45) is 1.45. The third kappa shape index (κ3) is 5.58. The lowest BCUT2D eigenvalue weighted by molar-refractivity contribution is -0.157. The van der Waals surface area contributed by atoms with Gasteiger partial charge in [0.2, 0.25) is 11.8 Å². The highest BCUT2D eigenvalue weighted by molar-refractivity contribution is 5.94. The van der Waals surface area contributed by atoms with Crippen LogP contribution in [0.3, 0.4) is 0 Å². The number of likely N-dealkylation sites (N-methyl/N-ethyl adjacent to an activating group) is 1. The summed E-state index contributed by atoms with van der Waals surface area (Å²) >= 11 is 0. The van der Waals surface area contributed by atoms with Gasteiger partial charge < -0.3 is 19.4 Å². The molecule has 8 heteroatoms. The number of rotatable bonds is 6. The molecule has 0 radical (unpaired) electrons. The molecule has 25 heavy (non-hydrogen) atoms. The maximum Gasteiger partial charge on any atom is 0.290 e. The molecule has 1 N–H and O–H groups in total. The van der Waals surface area contributed by atoms with Gasteiger partial charge in [0, 0.05) is 12.6 Å². The number of nitrogens with zero attached hydrogens (tertiary/aromatic N) is 3. The summed E-state index contributed by atoms with van der Waals surface area (Å²) in [5.74, 6) is 0.978. The Morgan fingerprint density at radius 2 is 2.04 bits per heavy atom. The Labute approximate surface area is 147 Å². The van der Waals surface area contributed by atoms with Crippen molar-refractivity contribution in [1.29, 1.82) is 0 Å². The van der Waals surface area contributed by atoms with Crippen molar-refractivity contribution in [3.8, 4) is 0 Å². The van der Waals surface area contributed by atoms with Crippen LogP contribution in [-0.4, -0.2) is 57.5 Å². The minimum atomic E-state index is -0.406. The van der Waals surface area contributed by atoms with Gasteiger partial charge in [-0.15, -0.1) is 0 Å². The smallest absolute Gasteiger partial charge is 0.290 e. The highest BCUT2D eigenvalue weighted by Gasteiger charge is 2.39. The third-order valence-corrected chi connectivity index (χ3v) is 3.99. The lowest BCUT2D eigenvalue weighted by Crippen LogP contribution is -2.59. The van der Waals surface area contributed by atoms with Gasteiger partial charge in [0.1, 0.15) is 6.04 Å². The fourth-order valence-electron chi connectivity index (χ4n) is 2.76. The second-order valence-electron chi connectivity index (χ2n) is 6.26. The normalized spacial score (nSPS) is 17.6. The van der Waals surface area contributed by atoms with Crippen molar-refractivity contribution in [3.05, 3.63) is 17.5 Å². The largest absolute Gasteiger partial charge is 0.483 e. The summed E-state index contributed by atoms with van der Waals surface area (Å²) < 4.78 is 5.28. The Balaban J connectivity index is 0.000000970. The molecule has 0 aromatic carbocycles. The zero-order valence-electron chi connectivity index (χ0n) is 15.3. The van der Waals surface area contributed by atoms with Gasteiger partial charge in [-0.05, 0) is 25.7 Å². The quantitative estimate of drug-likeness (QED) is 0.778. The van der Waals surface area contributed by atoms with Crippen molar-refractivity contribution in [3.63, 3.8) is 0 Å². The molecule has 1 saturated heterocycles. The first-order valence-electron chi connectivity index (χ1n) is 8.48. The Morgan fingerprint density at radius 1 is 1.40 bits per heavy atom. The average Bonchev–Trinajstić information content (AvgIpc) is 3.02. The maximum atomic E-state index is 12.6. The standard InChI is InChI=1S/C16H25N3O3.CH2O2/c1-5-12-8-13(22-17-12)9-19-14(7-11(3)4)16(21)18(6-2)10-15(19)20;2-1-3/h8,11,14H,5-7,9-10H2,1-4H3;1H,(H,2,3)/t14-;/m0./s1. The Kier molecular flexibility index (Phi) is 8.10. The van der Waals surface area contributed by atoms with Gasteiger partial charge in [-0.3, -0.25) is 14.4 Å². The topological polar surface area (TPSA) is 104 Å². The molecule has 2 rings (SSSR count). The fraction of sp³-hybridized carbons (Fsp3) is 0.647. The van der Waals surface area contributed by atoms with Gasteiger partial charge in [0.15, 0.2) is 5.76 Å². The van der Waals surface area contributed by atoms with Gasteiger partial charge in [-0.1, -0.05) is 25.9 Å². The molecule has 140 valence electrons. The zero-order chi connectivity index (χ0) is 19.0. The monoisotopic (exact) mass is 353 g/mol. The molecule has 1 aliphatic rings. The minimum Gasteiger partial charge on any atom is -0.483 e. The van der Waals surface area contributed by atoms with E-state index >= 15 is 0 Å². The van der Waals surface area contributed by atoms with E-state index in [1.165, 1.54) is 0 Å². The summed E-state index contributed by atoms with van der Waals surface area (Å²) in [4.78, 5) is 36.7. The molecule has 0 unspecified atom stereocenters. The van der Waals surface area contributed by atoms with Gasteiger partial charge in [-0.2, -0.15) is 0 Å². The molecular formula is C17H27N3O5. The van der Waals surface area contributed by atoms with Crippen molar-refractivity contribution >= 4 is 18.3 Å². The van der Waals surface area contributed by atoms with Gasteiger partial charge >= 0.3 is 0 Å². The Morgan fingerprint density at radius 3 is 2.52 bits per heavy atom. The minimum absolute atomic E-state index is 0.0263. The second kappa shape index (κ2) is 9.80. The van der Waals surface area contributed by atoms with Crippen molar-refractivity contribution in [2.24, 2.45) is 5.92 Å². The van der Waals surface area contributed by atoms with Crippen molar-refractivity contribution in [2.45, 2.75) is 53.1 Å². The van der Waals surface area contributed by atoms with E-state index in [0.717, 1.165) is 12.1 Å². The number of piperazine rings is 1. The molecule has 2 amide bonds. The fourth-order valence-corrected chi connectivity index (χ4v) is 2.76. The number of hydrogen-bond acceptors (Lipinski definition) is 5. The Bertz CT molecular complexity index is 585. The molecule has 1 aliphatic heterocycles.